The predicted octanol–water partition coefficient (Wildman–Crippen LogP) is 6.44. The number of rotatable bonds is 11. The van der Waals surface area contributed by atoms with Crippen molar-refractivity contribution in [2.24, 2.45) is 0 Å². The quantitative estimate of drug-likeness (QED) is 0.264. The van der Waals surface area contributed by atoms with Crippen LogP contribution in [0.2, 0.25) is 20.1 Å². The van der Waals surface area contributed by atoms with Gasteiger partial charge in [-0.25, -0.2) is 8.42 Å². The van der Waals surface area contributed by atoms with Crippen molar-refractivity contribution in [3.05, 3.63) is 92.4 Å². The van der Waals surface area contributed by atoms with E-state index >= 15 is 0 Å². The van der Waals surface area contributed by atoms with Crippen molar-refractivity contribution >= 4 is 73.9 Å². The molecule has 0 fully saturated rings. The minimum atomic E-state index is -4.25. The molecule has 0 aromatic heterocycles. The van der Waals surface area contributed by atoms with Gasteiger partial charge >= 0.3 is 0 Å². The first kappa shape index (κ1) is 31.0. The van der Waals surface area contributed by atoms with Crippen LogP contribution in [0.15, 0.2) is 71.6 Å². The fourth-order valence-electron chi connectivity index (χ4n) is 3.76. The number of hydrogen-bond donors (Lipinski definition) is 1. The van der Waals surface area contributed by atoms with Gasteiger partial charge in [0.15, 0.2) is 0 Å². The average Bonchev–Trinajstić information content (AvgIpc) is 2.89. The lowest BCUT2D eigenvalue weighted by Gasteiger charge is -2.32. The zero-order valence-corrected chi connectivity index (χ0v) is 25.0. The summed E-state index contributed by atoms with van der Waals surface area (Å²) < 4.78 is 28.5. The molecule has 0 saturated heterocycles. The van der Waals surface area contributed by atoms with Crippen LogP contribution >= 0.6 is 46.4 Å². The summed E-state index contributed by atoms with van der Waals surface area (Å²) >= 11 is 25.1. The molecule has 1 atom stereocenters. The van der Waals surface area contributed by atoms with Gasteiger partial charge in [0.25, 0.3) is 10.0 Å². The second-order valence-corrected chi connectivity index (χ2v) is 12.2. The normalized spacial score (nSPS) is 12.1. The third kappa shape index (κ3) is 7.80. The van der Waals surface area contributed by atoms with Gasteiger partial charge in [-0.1, -0.05) is 77.6 Å². The van der Waals surface area contributed by atoms with Crippen molar-refractivity contribution in [3.8, 4) is 0 Å². The molecule has 0 spiro atoms. The van der Waals surface area contributed by atoms with E-state index in [2.05, 4.69) is 5.32 Å². The first-order valence-electron chi connectivity index (χ1n) is 12.0. The molecule has 0 aliphatic carbocycles. The van der Waals surface area contributed by atoms with Crippen LogP contribution in [0.5, 0.6) is 0 Å². The van der Waals surface area contributed by atoms with E-state index in [-0.39, 0.29) is 27.2 Å². The number of hydrogen-bond acceptors (Lipinski definition) is 4. The summed E-state index contributed by atoms with van der Waals surface area (Å²) in [5.41, 5.74) is 0.510. The molecule has 0 heterocycles. The van der Waals surface area contributed by atoms with E-state index in [1.54, 1.807) is 43.3 Å². The monoisotopic (exact) mass is 629 g/mol. The van der Waals surface area contributed by atoms with E-state index in [4.69, 9.17) is 46.4 Å². The average molecular weight is 631 g/mol. The minimum Gasteiger partial charge on any atom is -0.354 e. The second-order valence-electron chi connectivity index (χ2n) is 8.64. The summed E-state index contributed by atoms with van der Waals surface area (Å²) in [5.74, 6) is -1.07. The molecule has 0 saturated carbocycles. The third-order valence-electron chi connectivity index (χ3n) is 5.85. The lowest BCUT2D eigenvalue weighted by Crippen LogP contribution is -2.51. The molecule has 3 rings (SSSR count). The number of carbonyl (C=O) groups excluding carboxylic acids is 2. The van der Waals surface area contributed by atoms with Gasteiger partial charge in [0.1, 0.15) is 12.6 Å². The Morgan fingerprint density at radius 2 is 1.49 bits per heavy atom. The molecule has 0 bridgehead atoms. The Labute approximate surface area is 248 Å². The molecule has 39 heavy (non-hydrogen) atoms. The number of carbonyl (C=O) groups is 2. The summed E-state index contributed by atoms with van der Waals surface area (Å²) in [4.78, 5) is 28.1. The maximum atomic E-state index is 13.9. The van der Waals surface area contributed by atoms with Crippen LogP contribution < -0.4 is 9.62 Å². The number of amides is 2. The third-order valence-corrected chi connectivity index (χ3v) is 8.78. The highest BCUT2D eigenvalue weighted by molar-refractivity contribution is 7.92. The zero-order chi connectivity index (χ0) is 28.7. The number of halogens is 4. The van der Waals surface area contributed by atoms with Gasteiger partial charge in [-0.2, -0.15) is 0 Å². The van der Waals surface area contributed by atoms with E-state index in [1.165, 1.54) is 35.2 Å². The molecular formula is C27H27Cl4N3O4S. The maximum Gasteiger partial charge on any atom is 0.264 e. The van der Waals surface area contributed by atoms with Gasteiger partial charge in [0.05, 0.1) is 10.6 Å². The molecule has 0 aliphatic rings. The van der Waals surface area contributed by atoms with Crippen molar-refractivity contribution in [3.63, 3.8) is 0 Å². The van der Waals surface area contributed by atoms with Gasteiger partial charge < -0.3 is 10.2 Å². The molecule has 2 amide bonds. The fourth-order valence-corrected chi connectivity index (χ4v) is 6.21. The van der Waals surface area contributed by atoms with Crippen molar-refractivity contribution in [2.45, 2.75) is 37.8 Å². The van der Waals surface area contributed by atoms with E-state index < -0.39 is 34.4 Å². The zero-order valence-electron chi connectivity index (χ0n) is 21.2. The van der Waals surface area contributed by atoms with Crippen LogP contribution in [0.25, 0.3) is 0 Å². The lowest BCUT2D eigenvalue weighted by atomic mass is 10.1. The Morgan fingerprint density at radius 3 is 2.05 bits per heavy atom. The maximum absolute atomic E-state index is 13.9. The number of anilines is 1. The summed E-state index contributed by atoms with van der Waals surface area (Å²) in [7, 11) is -4.25. The van der Waals surface area contributed by atoms with Crippen LogP contribution in [-0.2, 0) is 26.2 Å². The molecule has 3 aromatic rings. The highest BCUT2D eigenvalue weighted by Gasteiger charge is 2.33. The summed E-state index contributed by atoms with van der Waals surface area (Å²) in [5, 5.41) is 3.75. The highest BCUT2D eigenvalue weighted by Crippen LogP contribution is 2.31. The predicted molar refractivity (Wildman–Crippen MR) is 157 cm³/mol. The highest BCUT2D eigenvalue weighted by atomic mass is 35.5. The van der Waals surface area contributed by atoms with E-state index in [1.807, 2.05) is 6.92 Å². The van der Waals surface area contributed by atoms with Gasteiger partial charge in [0.2, 0.25) is 11.8 Å². The fraction of sp³-hybridized carbons (Fsp3) is 0.259. The standard InChI is InChI=1S/C27H27Cl4N3O4S/c1-3-12-32-27(36)18(2)33(16-23-24(30)10-7-11-25(23)31)26(35)17-34(21-14-19(28)13-20(29)15-21)39(37,38)22-8-5-4-6-9-22/h4-11,13-15,18H,3,12,16-17H2,1-2H3,(H,32,36)/t18-/m1/s1. The van der Waals surface area contributed by atoms with Gasteiger partial charge in [-0.05, 0) is 55.8 Å². The SMILES string of the molecule is CCCNC(=O)[C@@H](C)N(Cc1c(Cl)cccc1Cl)C(=O)CN(c1cc(Cl)cc(Cl)c1)S(=O)(=O)c1ccccc1. The largest absolute Gasteiger partial charge is 0.354 e. The molecule has 0 aliphatic heterocycles. The topological polar surface area (TPSA) is 86.8 Å². The summed E-state index contributed by atoms with van der Waals surface area (Å²) in [6, 6.07) is 15.8. The second kappa shape index (κ2) is 13.7. The Kier molecular flexibility index (Phi) is 10.9. The number of sulfonamides is 1. The van der Waals surface area contributed by atoms with Crippen LogP contribution in [0.3, 0.4) is 0 Å². The molecule has 7 nitrogen and oxygen atoms in total. The number of benzene rings is 3. The van der Waals surface area contributed by atoms with Crippen LogP contribution in [0, 0.1) is 0 Å². The van der Waals surface area contributed by atoms with Crippen molar-refractivity contribution in [1.29, 1.82) is 0 Å². The summed E-state index contributed by atoms with van der Waals surface area (Å²) in [6.45, 7) is 3.09. The Balaban J connectivity index is 2.08. The smallest absolute Gasteiger partial charge is 0.264 e. The Morgan fingerprint density at radius 1 is 0.897 bits per heavy atom. The molecule has 208 valence electrons. The molecule has 12 heteroatoms. The van der Waals surface area contributed by atoms with Gasteiger partial charge in [-0.15, -0.1) is 0 Å². The van der Waals surface area contributed by atoms with Gasteiger partial charge in [-0.3, -0.25) is 13.9 Å². The van der Waals surface area contributed by atoms with Crippen LogP contribution in [0.1, 0.15) is 25.8 Å². The van der Waals surface area contributed by atoms with Crippen LogP contribution in [-0.4, -0.2) is 44.3 Å². The molecule has 1 N–H and O–H groups in total. The first-order chi connectivity index (χ1) is 18.4. The first-order valence-corrected chi connectivity index (χ1v) is 14.9. The molecule has 0 unspecified atom stereocenters. The number of nitrogens with zero attached hydrogens (tertiary/aromatic N) is 2. The van der Waals surface area contributed by atoms with Gasteiger partial charge in [0, 0.05) is 38.7 Å². The van der Waals surface area contributed by atoms with E-state index in [9.17, 15) is 18.0 Å². The summed E-state index contributed by atoms with van der Waals surface area (Å²) in [6.07, 6.45) is 0.696. The van der Waals surface area contributed by atoms with Crippen LogP contribution in [0.4, 0.5) is 5.69 Å². The van der Waals surface area contributed by atoms with Crippen molar-refractivity contribution in [1.82, 2.24) is 10.2 Å². The molecule has 0 radical (unpaired) electrons. The minimum absolute atomic E-state index is 0.0386. The van der Waals surface area contributed by atoms with Crippen molar-refractivity contribution in [2.75, 3.05) is 17.4 Å². The van der Waals surface area contributed by atoms with E-state index in [0.717, 1.165) is 4.31 Å². The Bertz CT molecular complexity index is 1400. The Hall–Kier alpha value is -2.49. The lowest BCUT2D eigenvalue weighted by molar-refractivity contribution is -0.139. The van der Waals surface area contributed by atoms with E-state index in [0.29, 0.717) is 28.6 Å². The van der Waals surface area contributed by atoms with Crippen molar-refractivity contribution < 1.29 is 18.0 Å². The number of nitrogens with one attached hydrogen (secondary N) is 1. The molecule has 3 aromatic carbocycles. The molecular weight excluding hydrogens is 604 g/mol.